The van der Waals surface area contributed by atoms with Crippen molar-refractivity contribution in [2.45, 2.75) is 19.4 Å². The molecule has 106 valence electrons. The number of nitrogen functional groups attached to an aromatic ring is 1. The van der Waals surface area contributed by atoms with E-state index in [1.807, 2.05) is 12.1 Å². The van der Waals surface area contributed by atoms with Crippen molar-refractivity contribution >= 4 is 17.3 Å². The molecule has 1 aromatic heterocycles. The number of aryl methyl sites for hydroxylation is 2. The van der Waals surface area contributed by atoms with Crippen LogP contribution in [0.4, 0.5) is 11.4 Å². The van der Waals surface area contributed by atoms with Crippen molar-refractivity contribution in [3.63, 3.8) is 0 Å². The Bertz CT molecular complexity index is 657. The molecule has 0 atom stereocenters. The average molecular weight is 274 g/mol. The molecule has 0 unspecified atom stereocenters. The molecule has 2 rings (SSSR count). The van der Waals surface area contributed by atoms with Crippen LogP contribution >= 0.6 is 0 Å². The first kappa shape index (κ1) is 13.9. The van der Waals surface area contributed by atoms with E-state index in [2.05, 4.69) is 5.32 Å². The molecule has 0 fully saturated rings. The van der Waals surface area contributed by atoms with E-state index in [4.69, 9.17) is 5.73 Å². The van der Waals surface area contributed by atoms with Gasteiger partial charge in [0.15, 0.2) is 0 Å². The number of amides is 1. The predicted octanol–water partition coefficient (Wildman–Crippen LogP) is 1.19. The zero-order valence-corrected chi connectivity index (χ0v) is 11.4. The molecule has 0 spiro atoms. The van der Waals surface area contributed by atoms with Crippen molar-refractivity contribution in [2.75, 3.05) is 11.1 Å². The summed E-state index contributed by atoms with van der Waals surface area (Å²) in [5.41, 5.74) is 6.84. The molecule has 0 radical (unpaired) electrons. The molecule has 1 amide bonds. The molecule has 6 nitrogen and oxygen atoms in total. The topological polar surface area (TPSA) is 82.1 Å². The van der Waals surface area contributed by atoms with Crippen LogP contribution in [0.5, 0.6) is 0 Å². The fourth-order valence-corrected chi connectivity index (χ4v) is 1.91. The molecule has 0 saturated carbocycles. The molecular formula is C14H18N4O2. The molecule has 20 heavy (non-hydrogen) atoms. The number of anilines is 2. The Morgan fingerprint density at radius 3 is 2.70 bits per heavy atom. The van der Waals surface area contributed by atoms with Crippen LogP contribution in [0.15, 0.2) is 41.5 Å². The second-order valence-corrected chi connectivity index (χ2v) is 4.62. The number of nitrogens with zero attached hydrogens (tertiary/aromatic N) is 2. The molecule has 2 aromatic rings. The number of carbonyl (C=O) groups is 1. The largest absolute Gasteiger partial charge is 0.397 e. The SMILES string of the molecule is Cn1ccn(CCCC(=O)Nc2ccccc2N)c1=O. The van der Waals surface area contributed by atoms with Crippen LogP contribution in [0.2, 0.25) is 0 Å². The van der Waals surface area contributed by atoms with Crippen LogP contribution in [0, 0.1) is 0 Å². The molecule has 0 aliphatic rings. The van der Waals surface area contributed by atoms with Crippen molar-refractivity contribution in [1.82, 2.24) is 9.13 Å². The minimum Gasteiger partial charge on any atom is -0.397 e. The Hall–Kier alpha value is -2.50. The molecular weight excluding hydrogens is 256 g/mol. The van der Waals surface area contributed by atoms with Crippen LogP contribution in [-0.2, 0) is 18.4 Å². The third-order valence-corrected chi connectivity index (χ3v) is 3.06. The van der Waals surface area contributed by atoms with Crippen molar-refractivity contribution < 1.29 is 4.79 Å². The molecule has 6 heteroatoms. The van der Waals surface area contributed by atoms with Crippen LogP contribution < -0.4 is 16.7 Å². The summed E-state index contributed by atoms with van der Waals surface area (Å²) in [5.74, 6) is -0.105. The Labute approximate surface area is 116 Å². The van der Waals surface area contributed by atoms with E-state index in [-0.39, 0.29) is 11.6 Å². The lowest BCUT2D eigenvalue weighted by Gasteiger charge is -2.07. The van der Waals surface area contributed by atoms with Crippen LogP contribution in [0.1, 0.15) is 12.8 Å². The number of nitrogens with two attached hydrogens (primary N) is 1. The minimum atomic E-state index is -0.105. The van der Waals surface area contributed by atoms with Gasteiger partial charge in [-0.1, -0.05) is 12.1 Å². The quantitative estimate of drug-likeness (QED) is 0.803. The maximum absolute atomic E-state index is 11.8. The normalized spacial score (nSPS) is 10.4. The number of rotatable bonds is 5. The maximum atomic E-state index is 11.8. The van der Waals surface area contributed by atoms with E-state index in [1.165, 1.54) is 4.57 Å². The Morgan fingerprint density at radius 1 is 1.30 bits per heavy atom. The second kappa shape index (κ2) is 6.10. The van der Waals surface area contributed by atoms with Gasteiger partial charge in [-0.05, 0) is 18.6 Å². The molecule has 0 aliphatic carbocycles. The number of imidazole rings is 1. The van der Waals surface area contributed by atoms with Gasteiger partial charge < -0.3 is 15.6 Å². The zero-order valence-electron chi connectivity index (χ0n) is 11.4. The van der Waals surface area contributed by atoms with E-state index >= 15 is 0 Å². The van der Waals surface area contributed by atoms with Gasteiger partial charge in [0.1, 0.15) is 0 Å². The lowest BCUT2D eigenvalue weighted by Crippen LogP contribution is -2.22. The third kappa shape index (κ3) is 3.28. The summed E-state index contributed by atoms with van der Waals surface area (Å²) < 4.78 is 3.09. The number of carbonyl (C=O) groups excluding carboxylic acids is 1. The summed E-state index contributed by atoms with van der Waals surface area (Å²) in [6, 6.07) is 7.12. The van der Waals surface area contributed by atoms with Crippen LogP contribution in [-0.4, -0.2) is 15.0 Å². The number of aromatic nitrogens is 2. The van der Waals surface area contributed by atoms with E-state index in [0.717, 1.165) is 0 Å². The summed E-state index contributed by atoms with van der Waals surface area (Å²) in [6.45, 7) is 0.525. The number of para-hydroxylation sites is 2. The highest BCUT2D eigenvalue weighted by atomic mass is 16.2. The number of nitrogens with one attached hydrogen (secondary N) is 1. The highest BCUT2D eigenvalue weighted by molar-refractivity contribution is 5.93. The standard InChI is InChI=1S/C14H18N4O2/c1-17-9-10-18(14(17)20)8-4-7-13(19)16-12-6-3-2-5-11(12)15/h2-3,5-6,9-10H,4,7-8,15H2,1H3,(H,16,19). The first-order valence-electron chi connectivity index (χ1n) is 6.44. The van der Waals surface area contributed by atoms with Gasteiger partial charge >= 0.3 is 5.69 Å². The minimum absolute atomic E-state index is 0.0716. The summed E-state index contributed by atoms with van der Waals surface area (Å²) >= 11 is 0. The predicted molar refractivity (Wildman–Crippen MR) is 78.4 cm³/mol. The van der Waals surface area contributed by atoms with Gasteiger partial charge in [0.05, 0.1) is 11.4 Å². The molecule has 0 saturated heterocycles. The molecule has 1 aromatic carbocycles. The zero-order chi connectivity index (χ0) is 14.5. The lowest BCUT2D eigenvalue weighted by atomic mass is 10.2. The van der Waals surface area contributed by atoms with Crippen molar-refractivity contribution in [2.24, 2.45) is 7.05 Å². The first-order chi connectivity index (χ1) is 9.58. The Morgan fingerprint density at radius 2 is 2.05 bits per heavy atom. The summed E-state index contributed by atoms with van der Waals surface area (Å²) in [6.07, 6.45) is 4.36. The van der Waals surface area contributed by atoms with Crippen LogP contribution in [0.25, 0.3) is 0 Å². The lowest BCUT2D eigenvalue weighted by molar-refractivity contribution is -0.116. The van der Waals surface area contributed by atoms with Gasteiger partial charge in [0.2, 0.25) is 5.91 Å². The molecule has 1 heterocycles. The van der Waals surface area contributed by atoms with Gasteiger partial charge in [0, 0.05) is 32.4 Å². The smallest absolute Gasteiger partial charge is 0.327 e. The number of hydrogen-bond acceptors (Lipinski definition) is 3. The van der Waals surface area contributed by atoms with Gasteiger partial charge in [-0.25, -0.2) is 4.79 Å². The fraction of sp³-hybridized carbons (Fsp3) is 0.286. The van der Waals surface area contributed by atoms with E-state index < -0.39 is 0 Å². The number of hydrogen-bond donors (Lipinski definition) is 2. The summed E-state index contributed by atoms with van der Waals surface area (Å²) in [7, 11) is 1.70. The first-order valence-corrected chi connectivity index (χ1v) is 6.44. The van der Waals surface area contributed by atoms with Crippen LogP contribution in [0.3, 0.4) is 0 Å². The average Bonchev–Trinajstić information content (AvgIpc) is 2.73. The molecule has 0 aliphatic heterocycles. The van der Waals surface area contributed by atoms with E-state index in [9.17, 15) is 9.59 Å². The van der Waals surface area contributed by atoms with Crippen molar-refractivity contribution in [3.8, 4) is 0 Å². The molecule has 3 N–H and O–H groups in total. The van der Waals surface area contributed by atoms with Crippen molar-refractivity contribution in [1.29, 1.82) is 0 Å². The Balaban J connectivity index is 1.83. The maximum Gasteiger partial charge on any atom is 0.327 e. The van der Waals surface area contributed by atoms with Gasteiger partial charge in [0.25, 0.3) is 0 Å². The molecule has 0 bridgehead atoms. The highest BCUT2D eigenvalue weighted by Crippen LogP contribution is 2.16. The van der Waals surface area contributed by atoms with Crippen molar-refractivity contribution in [3.05, 3.63) is 47.1 Å². The van der Waals surface area contributed by atoms with Gasteiger partial charge in [-0.15, -0.1) is 0 Å². The van der Waals surface area contributed by atoms with E-state index in [0.29, 0.717) is 30.8 Å². The third-order valence-electron chi connectivity index (χ3n) is 3.06. The summed E-state index contributed by atoms with van der Waals surface area (Å²) in [5, 5.41) is 2.76. The second-order valence-electron chi connectivity index (χ2n) is 4.62. The van der Waals surface area contributed by atoms with Gasteiger partial charge in [-0.3, -0.25) is 9.36 Å². The van der Waals surface area contributed by atoms with Gasteiger partial charge in [-0.2, -0.15) is 0 Å². The fourth-order valence-electron chi connectivity index (χ4n) is 1.91. The summed E-state index contributed by atoms with van der Waals surface area (Å²) in [4.78, 5) is 23.4. The highest BCUT2D eigenvalue weighted by Gasteiger charge is 2.05. The Kier molecular flexibility index (Phi) is 4.24. The number of benzene rings is 1. The monoisotopic (exact) mass is 274 g/mol. The van der Waals surface area contributed by atoms with E-state index in [1.54, 1.807) is 36.1 Å².